The summed E-state index contributed by atoms with van der Waals surface area (Å²) in [6.45, 7) is 1.58. The van der Waals surface area contributed by atoms with Gasteiger partial charge in [-0.1, -0.05) is 24.4 Å². The zero-order valence-corrected chi connectivity index (χ0v) is 13.0. The quantitative estimate of drug-likeness (QED) is 0.565. The molecule has 0 aliphatic heterocycles. The number of rotatable bonds is 2. The monoisotopic (exact) mass is 354 g/mol. The molecule has 0 radical (unpaired) electrons. The minimum atomic E-state index is -4.69. The van der Waals surface area contributed by atoms with Gasteiger partial charge in [-0.05, 0) is 36.2 Å². The Labute approximate surface area is 138 Å². The average molecular weight is 354 g/mol. The van der Waals surface area contributed by atoms with E-state index in [1.54, 1.807) is 13.0 Å². The summed E-state index contributed by atoms with van der Waals surface area (Å²) in [6, 6.07) is 7.04. The molecule has 0 atom stereocenters. The van der Waals surface area contributed by atoms with Gasteiger partial charge in [0.1, 0.15) is 10.8 Å². The van der Waals surface area contributed by atoms with Gasteiger partial charge in [0.2, 0.25) is 0 Å². The molecule has 0 saturated heterocycles. The zero-order valence-electron chi connectivity index (χ0n) is 12.2. The SMILES string of the molecule is Cc1cc(-c2ccc(F)cc2)c(C(N)=S)c2nc(C(F)(F)F)nn12. The number of nitrogens with two attached hydrogens (primary N) is 1. The van der Waals surface area contributed by atoms with Crippen LogP contribution in [-0.2, 0) is 6.18 Å². The largest absolute Gasteiger partial charge is 0.453 e. The van der Waals surface area contributed by atoms with Crippen molar-refractivity contribution in [3.8, 4) is 11.1 Å². The number of aryl methyl sites for hydroxylation is 1. The van der Waals surface area contributed by atoms with E-state index in [2.05, 4.69) is 10.1 Å². The van der Waals surface area contributed by atoms with Gasteiger partial charge in [0, 0.05) is 5.69 Å². The molecule has 0 saturated carbocycles. The zero-order chi connectivity index (χ0) is 17.6. The summed E-state index contributed by atoms with van der Waals surface area (Å²) in [6.07, 6.45) is -4.69. The standard InChI is InChI=1S/C15H10F4N4S/c1-7-6-10(8-2-4-9(16)5-3-8)11(12(20)24)13-21-14(15(17,18)19)22-23(7)13/h2-6H,1H3,(H2,20,24). The predicted molar refractivity (Wildman–Crippen MR) is 84.0 cm³/mol. The first-order chi connectivity index (χ1) is 11.2. The molecule has 0 fully saturated rings. The number of pyridine rings is 1. The van der Waals surface area contributed by atoms with Crippen LogP contribution in [0.1, 0.15) is 17.1 Å². The Morgan fingerprint density at radius 2 is 1.83 bits per heavy atom. The summed E-state index contributed by atoms with van der Waals surface area (Å²) in [4.78, 5) is 3.43. The van der Waals surface area contributed by atoms with Crippen molar-refractivity contribution in [2.75, 3.05) is 0 Å². The fourth-order valence-corrected chi connectivity index (χ4v) is 2.60. The molecule has 0 amide bonds. The number of hydrogen-bond donors (Lipinski definition) is 1. The first-order valence-corrected chi connectivity index (χ1v) is 7.12. The lowest BCUT2D eigenvalue weighted by atomic mass is 10.00. The van der Waals surface area contributed by atoms with E-state index >= 15 is 0 Å². The van der Waals surface area contributed by atoms with Crippen LogP contribution >= 0.6 is 12.2 Å². The summed E-state index contributed by atoms with van der Waals surface area (Å²) >= 11 is 4.99. The number of alkyl halides is 3. The fraction of sp³-hybridized carbons (Fsp3) is 0.133. The van der Waals surface area contributed by atoms with E-state index in [0.717, 1.165) is 4.52 Å². The van der Waals surface area contributed by atoms with E-state index in [4.69, 9.17) is 18.0 Å². The first-order valence-electron chi connectivity index (χ1n) is 6.72. The van der Waals surface area contributed by atoms with Crippen molar-refractivity contribution in [2.45, 2.75) is 13.1 Å². The van der Waals surface area contributed by atoms with Crippen LogP contribution in [0.15, 0.2) is 30.3 Å². The Morgan fingerprint density at radius 1 is 1.21 bits per heavy atom. The third-order valence-electron chi connectivity index (χ3n) is 3.44. The van der Waals surface area contributed by atoms with Crippen molar-refractivity contribution in [1.82, 2.24) is 14.6 Å². The molecule has 2 N–H and O–H groups in total. The van der Waals surface area contributed by atoms with Crippen LogP contribution in [0, 0.1) is 12.7 Å². The van der Waals surface area contributed by atoms with E-state index < -0.39 is 17.8 Å². The van der Waals surface area contributed by atoms with E-state index in [1.807, 2.05) is 0 Å². The summed E-state index contributed by atoms with van der Waals surface area (Å²) < 4.78 is 52.9. The van der Waals surface area contributed by atoms with Crippen LogP contribution in [0.3, 0.4) is 0 Å². The Balaban J connectivity index is 2.36. The average Bonchev–Trinajstić information content (AvgIpc) is 2.93. The van der Waals surface area contributed by atoms with Crippen molar-refractivity contribution in [3.05, 3.63) is 53.2 Å². The molecule has 0 spiro atoms. The van der Waals surface area contributed by atoms with Gasteiger partial charge < -0.3 is 5.73 Å². The number of aromatic nitrogens is 3. The lowest BCUT2D eigenvalue weighted by Gasteiger charge is -2.11. The van der Waals surface area contributed by atoms with Gasteiger partial charge in [-0.15, -0.1) is 5.10 Å². The van der Waals surface area contributed by atoms with Crippen LogP contribution in [0.25, 0.3) is 16.8 Å². The van der Waals surface area contributed by atoms with Gasteiger partial charge in [-0.3, -0.25) is 0 Å². The minimum absolute atomic E-state index is 0.0887. The molecule has 3 aromatic rings. The van der Waals surface area contributed by atoms with Crippen LogP contribution in [0.5, 0.6) is 0 Å². The Kier molecular flexibility index (Phi) is 3.75. The van der Waals surface area contributed by atoms with Gasteiger partial charge in [0.15, 0.2) is 5.65 Å². The molecule has 0 bridgehead atoms. The number of fused-ring (bicyclic) bond motifs is 1. The molecule has 24 heavy (non-hydrogen) atoms. The van der Waals surface area contributed by atoms with E-state index in [9.17, 15) is 17.6 Å². The highest BCUT2D eigenvalue weighted by Gasteiger charge is 2.37. The summed E-state index contributed by atoms with van der Waals surface area (Å²) in [5.74, 6) is -1.71. The van der Waals surface area contributed by atoms with Crippen LogP contribution in [0.2, 0.25) is 0 Å². The number of halogens is 4. The summed E-state index contributed by atoms with van der Waals surface area (Å²) in [5.41, 5.74) is 7.21. The molecule has 3 rings (SSSR count). The van der Waals surface area contributed by atoms with Gasteiger partial charge in [0.05, 0.1) is 5.56 Å². The molecule has 2 heterocycles. The highest BCUT2D eigenvalue weighted by molar-refractivity contribution is 7.80. The van der Waals surface area contributed by atoms with Gasteiger partial charge in [-0.25, -0.2) is 13.9 Å². The number of benzene rings is 1. The maximum absolute atomic E-state index is 13.1. The third-order valence-corrected chi connectivity index (χ3v) is 3.65. The van der Waals surface area contributed by atoms with Crippen molar-refractivity contribution >= 4 is 22.9 Å². The van der Waals surface area contributed by atoms with Crippen molar-refractivity contribution in [1.29, 1.82) is 0 Å². The van der Waals surface area contributed by atoms with E-state index in [-0.39, 0.29) is 16.2 Å². The second-order valence-corrected chi connectivity index (χ2v) is 5.55. The number of nitrogens with zero attached hydrogens (tertiary/aromatic N) is 3. The first kappa shape index (κ1) is 16.3. The van der Waals surface area contributed by atoms with Gasteiger partial charge in [0.25, 0.3) is 5.82 Å². The molecule has 0 unspecified atom stereocenters. The van der Waals surface area contributed by atoms with E-state index in [1.165, 1.54) is 24.3 Å². The van der Waals surface area contributed by atoms with Gasteiger partial charge in [-0.2, -0.15) is 13.2 Å². The lowest BCUT2D eigenvalue weighted by molar-refractivity contribution is -0.144. The van der Waals surface area contributed by atoms with Gasteiger partial charge >= 0.3 is 6.18 Å². The summed E-state index contributed by atoms with van der Waals surface area (Å²) in [5, 5.41) is 3.48. The fourth-order valence-electron chi connectivity index (χ4n) is 2.40. The second kappa shape index (κ2) is 5.52. The lowest BCUT2D eigenvalue weighted by Crippen LogP contribution is -2.14. The molecule has 4 nitrogen and oxygen atoms in total. The molecule has 1 aromatic carbocycles. The maximum Gasteiger partial charge on any atom is 0.453 e. The van der Waals surface area contributed by atoms with Crippen molar-refractivity contribution in [3.63, 3.8) is 0 Å². The Morgan fingerprint density at radius 3 is 2.38 bits per heavy atom. The van der Waals surface area contributed by atoms with Crippen molar-refractivity contribution < 1.29 is 17.6 Å². The molecule has 0 aliphatic rings. The Bertz CT molecular complexity index is 945. The molecule has 124 valence electrons. The normalized spacial score (nSPS) is 11.9. The van der Waals surface area contributed by atoms with Crippen LogP contribution in [-0.4, -0.2) is 19.6 Å². The second-order valence-electron chi connectivity index (χ2n) is 5.11. The molecule has 9 heteroatoms. The van der Waals surface area contributed by atoms with Crippen LogP contribution < -0.4 is 5.73 Å². The summed E-state index contributed by atoms with van der Waals surface area (Å²) in [7, 11) is 0. The topological polar surface area (TPSA) is 56.2 Å². The maximum atomic E-state index is 13.1. The molecule has 0 aliphatic carbocycles. The number of thiocarbonyl (C=S) groups is 1. The molecular formula is C15H10F4N4S. The smallest absolute Gasteiger partial charge is 0.389 e. The minimum Gasteiger partial charge on any atom is -0.389 e. The molecular weight excluding hydrogens is 344 g/mol. The highest BCUT2D eigenvalue weighted by Crippen LogP contribution is 2.31. The Hall–Kier alpha value is -2.55. The number of hydrogen-bond acceptors (Lipinski definition) is 3. The van der Waals surface area contributed by atoms with Crippen LogP contribution in [0.4, 0.5) is 17.6 Å². The van der Waals surface area contributed by atoms with Crippen molar-refractivity contribution in [2.24, 2.45) is 5.73 Å². The third kappa shape index (κ3) is 2.71. The molecule has 2 aromatic heterocycles. The highest BCUT2D eigenvalue weighted by atomic mass is 32.1. The van der Waals surface area contributed by atoms with E-state index in [0.29, 0.717) is 16.8 Å². The predicted octanol–water partition coefficient (Wildman–Crippen LogP) is 3.50.